The van der Waals surface area contributed by atoms with Gasteiger partial charge in [-0.25, -0.2) is 0 Å². The van der Waals surface area contributed by atoms with E-state index in [2.05, 4.69) is 24.5 Å². The number of ether oxygens (including phenoxy) is 1. The standard InChI is InChI=1S/C18H21ClN2O2/c1-12(2)14-6-4-5-7-16(14)21-18(22)11-20-13-8-9-17(23-3)15(19)10-13/h4-10,12,20H,11H2,1-3H3,(H,21,22). The minimum atomic E-state index is -0.106. The molecule has 0 fully saturated rings. The Balaban J connectivity index is 1.97. The molecule has 0 bridgehead atoms. The average molecular weight is 333 g/mol. The van der Waals surface area contributed by atoms with Crippen LogP contribution in [0.1, 0.15) is 25.3 Å². The van der Waals surface area contributed by atoms with E-state index in [0.29, 0.717) is 16.7 Å². The Hall–Kier alpha value is -2.20. The Morgan fingerprint density at radius 3 is 2.61 bits per heavy atom. The number of anilines is 2. The quantitative estimate of drug-likeness (QED) is 0.817. The van der Waals surface area contributed by atoms with Crippen LogP contribution in [0.3, 0.4) is 0 Å². The minimum Gasteiger partial charge on any atom is -0.495 e. The Morgan fingerprint density at radius 2 is 1.96 bits per heavy atom. The third-order valence-corrected chi connectivity index (χ3v) is 3.76. The van der Waals surface area contributed by atoms with Crippen molar-refractivity contribution in [2.75, 3.05) is 24.3 Å². The highest BCUT2D eigenvalue weighted by atomic mass is 35.5. The van der Waals surface area contributed by atoms with Crippen molar-refractivity contribution in [3.8, 4) is 5.75 Å². The first-order chi connectivity index (χ1) is 11.0. The number of amides is 1. The molecule has 5 heteroatoms. The summed E-state index contributed by atoms with van der Waals surface area (Å²) in [5.74, 6) is 0.845. The number of hydrogen-bond acceptors (Lipinski definition) is 3. The second-order valence-corrected chi connectivity index (χ2v) is 5.90. The summed E-state index contributed by atoms with van der Waals surface area (Å²) in [6, 6.07) is 13.1. The fourth-order valence-electron chi connectivity index (χ4n) is 2.27. The lowest BCUT2D eigenvalue weighted by Crippen LogP contribution is -2.22. The van der Waals surface area contributed by atoms with E-state index in [9.17, 15) is 4.79 Å². The molecule has 0 aromatic heterocycles. The molecule has 0 radical (unpaired) electrons. The van der Waals surface area contributed by atoms with Gasteiger partial charge in [-0.05, 0) is 35.7 Å². The zero-order chi connectivity index (χ0) is 16.8. The van der Waals surface area contributed by atoms with Crippen LogP contribution >= 0.6 is 11.6 Å². The molecule has 0 heterocycles. The number of halogens is 1. The maximum Gasteiger partial charge on any atom is 0.243 e. The summed E-state index contributed by atoms with van der Waals surface area (Å²) in [4.78, 5) is 12.1. The highest BCUT2D eigenvalue weighted by Crippen LogP contribution is 2.27. The minimum absolute atomic E-state index is 0.106. The summed E-state index contributed by atoms with van der Waals surface area (Å²) < 4.78 is 5.10. The summed E-state index contributed by atoms with van der Waals surface area (Å²) in [5, 5.41) is 6.50. The molecule has 23 heavy (non-hydrogen) atoms. The molecule has 122 valence electrons. The smallest absolute Gasteiger partial charge is 0.243 e. The van der Waals surface area contributed by atoms with Crippen LogP contribution in [0.5, 0.6) is 5.75 Å². The van der Waals surface area contributed by atoms with Gasteiger partial charge in [0.25, 0.3) is 0 Å². The number of carbonyl (C=O) groups is 1. The maximum atomic E-state index is 12.1. The Kier molecular flexibility index (Phi) is 5.88. The molecular weight excluding hydrogens is 312 g/mol. The Labute approximate surface area is 141 Å². The van der Waals surface area contributed by atoms with Crippen molar-refractivity contribution in [1.29, 1.82) is 0 Å². The van der Waals surface area contributed by atoms with E-state index in [1.807, 2.05) is 30.3 Å². The first-order valence-electron chi connectivity index (χ1n) is 7.47. The summed E-state index contributed by atoms with van der Waals surface area (Å²) in [6.45, 7) is 4.36. The summed E-state index contributed by atoms with van der Waals surface area (Å²) in [7, 11) is 1.56. The van der Waals surface area contributed by atoms with Crippen LogP contribution in [-0.2, 0) is 4.79 Å². The van der Waals surface area contributed by atoms with Crippen LogP contribution in [-0.4, -0.2) is 19.6 Å². The molecule has 0 spiro atoms. The van der Waals surface area contributed by atoms with E-state index in [1.54, 1.807) is 19.2 Å². The number of hydrogen-bond donors (Lipinski definition) is 2. The molecule has 4 nitrogen and oxygen atoms in total. The molecule has 0 unspecified atom stereocenters. The van der Waals surface area contributed by atoms with Crippen molar-refractivity contribution in [2.24, 2.45) is 0 Å². The van der Waals surface area contributed by atoms with Crippen molar-refractivity contribution < 1.29 is 9.53 Å². The SMILES string of the molecule is COc1ccc(NCC(=O)Nc2ccccc2C(C)C)cc1Cl. The van der Waals surface area contributed by atoms with Crippen LogP contribution in [0.25, 0.3) is 0 Å². The number of benzene rings is 2. The molecule has 0 aliphatic rings. The van der Waals surface area contributed by atoms with Gasteiger partial charge in [-0.15, -0.1) is 0 Å². The van der Waals surface area contributed by atoms with Crippen LogP contribution < -0.4 is 15.4 Å². The van der Waals surface area contributed by atoms with E-state index in [4.69, 9.17) is 16.3 Å². The summed E-state index contributed by atoms with van der Waals surface area (Å²) in [5.41, 5.74) is 2.73. The van der Waals surface area contributed by atoms with E-state index in [1.165, 1.54) is 0 Å². The first kappa shape index (κ1) is 17.2. The van der Waals surface area contributed by atoms with Gasteiger partial charge >= 0.3 is 0 Å². The monoisotopic (exact) mass is 332 g/mol. The molecule has 0 saturated carbocycles. The van der Waals surface area contributed by atoms with Gasteiger partial charge in [0.15, 0.2) is 0 Å². The van der Waals surface area contributed by atoms with Crippen molar-refractivity contribution in [2.45, 2.75) is 19.8 Å². The van der Waals surface area contributed by atoms with Crippen LogP contribution in [0, 0.1) is 0 Å². The molecular formula is C18H21ClN2O2. The van der Waals surface area contributed by atoms with Gasteiger partial charge < -0.3 is 15.4 Å². The summed E-state index contributed by atoms with van der Waals surface area (Å²) >= 11 is 6.06. The van der Waals surface area contributed by atoms with Gasteiger partial charge in [-0.2, -0.15) is 0 Å². The van der Waals surface area contributed by atoms with Crippen LogP contribution in [0.2, 0.25) is 5.02 Å². The number of nitrogens with one attached hydrogen (secondary N) is 2. The zero-order valence-corrected chi connectivity index (χ0v) is 14.3. The Morgan fingerprint density at radius 1 is 1.22 bits per heavy atom. The van der Waals surface area contributed by atoms with Crippen LogP contribution in [0.4, 0.5) is 11.4 Å². The molecule has 0 atom stereocenters. The highest BCUT2D eigenvalue weighted by molar-refractivity contribution is 6.32. The van der Waals surface area contributed by atoms with Crippen molar-refractivity contribution >= 4 is 28.9 Å². The molecule has 1 amide bonds. The second-order valence-electron chi connectivity index (χ2n) is 5.49. The predicted octanol–water partition coefficient (Wildman–Crippen LogP) is 4.52. The molecule has 0 aliphatic heterocycles. The van der Waals surface area contributed by atoms with E-state index >= 15 is 0 Å². The fraction of sp³-hybridized carbons (Fsp3) is 0.278. The van der Waals surface area contributed by atoms with Crippen molar-refractivity contribution in [3.05, 3.63) is 53.1 Å². The Bertz CT molecular complexity index is 686. The fourth-order valence-corrected chi connectivity index (χ4v) is 2.53. The molecule has 0 aliphatic carbocycles. The molecule has 2 N–H and O–H groups in total. The molecule has 2 aromatic rings. The highest BCUT2D eigenvalue weighted by Gasteiger charge is 2.09. The van der Waals surface area contributed by atoms with E-state index in [-0.39, 0.29) is 12.5 Å². The van der Waals surface area contributed by atoms with Crippen LogP contribution in [0.15, 0.2) is 42.5 Å². The second kappa shape index (κ2) is 7.88. The van der Waals surface area contributed by atoms with Gasteiger partial charge in [-0.1, -0.05) is 43.6 Å². The molecule has 2 aromatic carbocycles. The average Bonchev–Trinajstić information content (AvgIpc) is 2.53. The van der Waals surface area contributed by atoms with Gasteiger partial charge in [0.05, 0.1) is 18.7 Å². The number of methoxy groups -OCH3 is 1. The van der Waals surface area contributed by atoms with Gasteiger partial charge in [-0.3, -0.25) is 4.79 Å². The lowest BCUT2D eigenvalue weighted by Gasteiger charge is -2.14. The maximum absolute atomic E-state index is 12.1. The third-order valence-electron chi connectivity index (χ3n) is 3.46. The number of carbonyl (C=O) groups excluding carboxylic acids is 1. The largest absolute Gasteiger partial charge is 0.495 e. The number of rotatable bonds is 6. The first-order valence-corrected chi connectivity index (χ1v) is 7.85. The number of para-hydroxylation sites is 1. The molecule has 2 rings (SSSR count). The normalized spacial score (nSPS) is 10.5. The zero-order valence-electron chi connectivity index (χ0n) is 13.5. The third kappa shape index (κ3) is 4.63. The molecule has 0 saturated heterocycles. The van der Waals surface area contributed by atoms with Gasteiger partial charge in [0.2, 0.25) is 5.91 Å². The summed E-state index contributed by atoms with van der Waals surface area (Å²) in [6.07, 6.45) is 0. The van der Waals surface area contributed by atoms with Crippen molar-refractivity contribution in [1.82, 2.24) is 0 Å². The van der Waals surface area contributed by atoms with Crippen molar-refractivity contribution in [3.63, 3.8) is 0 Å². The lowest BCUT2D eigenvalue weighted by atomic mass is 10.0. The lowest BCUT2D eigenvalue weighted by molar-refractivity contribution is -0.114. The predicted molar refractivity (Wildman–Crippen MR) is 95.7 cm³/mol. The van der Waals surface area contributed by atoms with E-state index < -0.39 is 0 Å². The topological polar surface area (TPSA) is 50.4 Å². The van der Waals surface area contributed by atoms with E-state index in [0.717, 1.165) is 16.9 Å². The van der Waals surface area contributed by atoms with Gasteiger partial charge in [0, 0.05) is 11.4 Å². The van der Waals surface area contributed by atoms with Gasteiger partial charge in [0.1, 0.15) is 5.75 Å².